The van der Waals surface area contributed by atoms with E-state index in [0.717, 1.165) is 55.2 Å². The molecule has 2 aromatic heterocycles. The number of aryl methyl sites for hydroxylation is 1. The van der Waals surface area contributed by atoms with Crippen LogP contribution in [0.1, 0.15) is 26.0 Å². The second-order valence-corrected chi connectivity index (χ2v) is 6.94. The van der Waals surface area contributed by atoms with Crippen molar-refractivity contribution < 1.29 is 0 Å². The molecule has 0 saturated carbocycles. The van der Waals surface area contributed by atoms with E-state index < -0.39 is 0 Å². The zero-order valence-corrected chi connectivity index (χ0v) is 15.4. The van der Waals surface area contributed by atoms with Crippen LogP contribution in [0.15, 0.2) is 36.5 Å². The highest BCUT2D eigenvalue weighted by Gasteiger charge is 2.20. The average molecular weight is 350 g/mol. The van der Waals surface area contributed by atoms with Crippen LogP contribution in [0.3, 0.4) is 0 Å². The van der Waals surface area contributed by atoms with E-state index in [9.17, 15) is 0 Å². The van der Waals surface area contributed by atoms with Gasteiger partial charge in [0.1, 0.15) is 5.82 Å². The van der Waals surface area contributed by atoms with Gasteiger partial charge in [-0.15, -0.1) is 0 Å². The number of rotatable bonds is 5. The van der Waals surface area contributed by atoms with Gasteiger partial charge in [0.05, 0.1) is 0 Å². The van der Waals surface area contributed by atoms with Gasteiger partial charge in [-0.05, 0) is 36.9 Å². The Morgan fingerprint density at radius 3 is 3.00 bits per heavy atom. The van der Waals surface area contributed by atoms with Crippen LogP contribution in [0.25, 0.3) is 10.9 Å². The lowest BCUT2D eigenvalue weighted by atomic mass is 10.2. The van der Waals surface area contributed by atoms with Crippen LogP contribution in [0.5, 0.6) is 0 Å². The predicted molar refractivity (Wildman–Crippen MR) is 107 cm³/mol. The number of aromatic nitrogens is 3. The van der Waals surface area contributed by atoms with Crippen molar-refractivity contribution in [2.24, 2.45) is 0 Å². The Kier molecular flexibility index (Phi) is 4.75. The van der Waals surface area contributed by atoms with Crippen LogP contribution in [-0.4, -0.2) is 40.6 Å². The number of nitrogens with one attached hydrogen (secondary N) is 3. The summed E-state index contributed by atoms with van der Waals surface area (Å²) in [6.07, 6.45) is 3.98. The number of aromatic amines is 1. The largest absolute Gasteiger partial charge is 0.361 e. The minimum absolute atomic E-state index is 0.427. The van der Waals surface area contributed by atoms with Crippen molar-refractivity contribution in [1.29, 1.82) is 0 Å². The molecule has 4 rings (SSSR count). The van der Waals surface area contributed by atoms with E-state index >= 15 is 0 Å². The molecule has 1 aliphatic rings. The van der Waals surface area contributed by atoms with Gasteiger partial charge in [-0.2, -0.15) is 4.98 Å². The Bertz CT molecular complexity index is 887. The lowest BCUT2D eigenvalue weighted by Gasteiger charge is -2.35. The molecule has 6 nitrogen and oxygen atoms in total. The molecule has 0 bridgehead atoms. The molecular formula is C20H26N6. The van der Waals surface area contributed by atoms with Crippen molar-refractivity contribution in [2.75, 3.05) is 29.9 Å². The van der Waals surface area contributed by atoms with Gasteiger partial charge in [0.15, 0.2) is 0 Å². The number of fused-ring (bicyclic) bond motifs is 1. The first kappa shape index (κ1) is 16.8. The van der Waals surface area contributed by atoms with Gasteiger partial charge < -0.3 is 20.5 Å². The van der Waals surface area contributed by atoms with Gasteiger partial charge >= 0.3 is 0 Å². The van der Waals surface area contributed by atoms with Crippen LogP contribution in [0, 0.1) is 0 Å². The van der Waals surface area contributed by atoms with Crippen LogP contribution in [-0.2, 0) is 6.42 Å². The SMILES string of the molecule is CCCc1cc(N2CCNCC2C)nc(Nc2ccc3cc[nH]c3c2)n1. The van der Waals surface area contributed by atoms with Gasteiger partial charge in [0.2, 0.25) is 5.95 Å². The topological polar surface area (TPSA) is 68.9 Å². The van der Waals surface area contributed by atoms with Crippen LogP contribution < -0.4 is 15.5 Å². The third-order valence-corrected chi connectivity index (χ3v) is 4.88. The maximum atomic E-state index is 4.82. The lowest BCUT2D eigenvalue weighted by molar-refractivity contribution is 0.497. The van der Waals surface area contributed by atoms with Crippen molar-refractivity contribution in [1.82, 2.24) is 20.3 Å². The first-order chi connectivity index (χ1) is 12.7. The number of hydrogen-bond donors (Lipinski definition) is 3. The second-order valence-electron chi connectivity index (χ2n) is 6.94. The van der Waals surface area contributed by atoms with E-state index in [2.05, 4.69) is 64.7 Å². The van der Waals surface area contributed by atoms with E-state index in [4.69, 9.17) is 9.97 Å². The second kappa shape index (κ2) is 7.33. The number of benzene rings is 1. The molecule has 0 amide bonds. The standard InChI is InChI=1S/C20H26N6/c1-3-4-16-12-19(26-10-9-21-13-14(26)2)25-20(23-16)24-17-6-5-15-7-8-22-18(15)11-17/h5-8,11-12,14,21-22H,3-4,9-10,13H2,1-2H3,(H,23,24,25). The molecule has 1 saturated heterocycles. The molecule has 3 N–H and O–H groups in total. The Morgan fingerprint density at radius 1 is 1.23 bits per heavy atom. The summed E-state index contributed by atoms with van der Waals surface area (Å²) in [5, 5.41) is 8.03. The normalized spacial score (nSPS) is 17.6. The van der Waals surface area contributed by atoms with E-state index in [-0.39, 0.29) is 0 Å². The highest BCUT2D eigenvalue weighted by Crippen LogP contribution is 2.23. The molecule has 1 aliphatic heterocycles. The third-order valence-electron chi connectivity index (χ3n) is 4.88. The zero-order chi connectivity index (χ0) is 17.9. The fraction of sp³-hybridized carbons (Fsp3) is 0.400. The fourth-order valence-corrected chi connectivity index (χ4v) is 3.51. The Labute approximate surface area is 154 Å². The quantitative estimate of drug-likeness (QED) is 0.657. The summed E-state index contributed by atoms with van der Waals surface area (Å²) < 4.78 is 0. The van der Waals surface area contributed by atoms with Crippen molar-refractivity contribution in [3.05, 3.63) is 42.2 Å². The zero-order valence-electron chi connectivity index (χ0n) is 15.4. The lowest BCUT2D eigenvalue weighted by Crippen LogP contribution is -2.50. The molecule has 1 fully saturated rings. The predicted octanol–water partition coefficient (Wildman–Crippen LogP) is 3.45. The third kappa shape index (κ3) is 3.51. The Hall–Kier alpha value is -2.60. The molecule has 1 atom stereocenters. The number of H-pyrrole nitrogens is 1. The molecule has 1 unspecified atom stereocenters. The summed E-state index contributed by atoms with van der Waals surface area (Å²) >= 11 is 0. The maximum Gasteiger partial charge on any atom is 0.229 e. The average Bonchev–Trinajstić information content (AvgIpc) is 3.10. The maximum absolute atomic E-state index is 4.82. The fourth-order valence-electron chi connectivity index (χ4n) is 3.51. The van der Waals surface area contributed by atoms with Gasteiger partial charge in [-0.1, -0.05) is 19.4 Å². The first-order valence-electron chi connectivity index (χ1n) is 9.42. The molecule has 136 valence electrons. The van der Waals surface area contributed by atoms with Gasteiger partial charge in [-0.25, -0.2) is 4.98 Å². The highest BCUT2D eigenvalue weighted by atomic mass is 15.3. The number of piperazine rings is 1. The first-order valence-corrected chi connectivity index (χ1v) is 9.42. The Balaban J connectivity index is 1.65. The van der Waals surface area contributed by atoms with Crippen molar-refractivity contribution in [2.45, 2.75) is 32.7 Å². The van der Waals surface area contributed by atoms with Crippen LogP contribution in [0.4, 0.5) is 17.5 Å². The number of nitrogens with zero attached hydrogens (tertiary/aromatic N) is 3. The van der Waals surface area contributed by atoms with E-state index in [1.807, 2.05) is 6.20 Å². The van der Waals surface area contributed by atoms with Crippen LogP contribution >= 0.6 is 0 Å². The molecule has 3 aromatic rings. The van der Waals surface area contributed by atoms with Crippen molar-refractivity contribution in [3.8, 4) is 0 Å². The molecule has 0 aliphatic carbocycles. The summed E-state index contributed by atoms with van der Waals surface area (Å²) in [5.74, 6) is 1.68. The highest BCUT2D eigenvalue weighted by molar-refractivity contribution is 5.83. The minimum atomic E-state index is 0.427. The van der Waals surface area contributed by atoms with E-state index in [1.165, 1.54) is 5.39 Å². The molecule has 0 radical (unpaired) electrons. The molecule has 6 heteroatoms. The van der Waals surface area contributed by atoms with Crippen molar-refractivity contribution in [3.63, 3.8) is 0 Å². The summed E-state index contributed by atoms with van der Waals surface area (Å²) in [4.78, 5) is 15.2. The van der Waals surface area contributed by atoms with Crippen LogP contribution in [0.2, 0.25) is 0 Å². The summed E-state index contributed by atoms with van der Waals surface area (Å²) in [7, 11) is 0. The molecule has 26 heavy (non-hydrogen) atoms. The molecule has 1 aromatic carbocycles. The van der Waals surface area contributed by atoms with Crippen molar-refractivity contribution >= 4 is 28.4 Å². The summed E-state index contributed by atoms with van der Waals surface area (Å²) in [5.41, 5.74) is 3.19. The van der Waals surface area contributed by atoms with Gasteiger partial charge in [0.25, 0.3) is 0 Å². The van der Waals surface area contributed by atoms with E-state index in [0.29, 0.717) is 12.0 Å². The molecule has 0 spiro atoms. The van der Waals surface area contributed by atoms with Gasteiger partial charge in [-0.3, -0.25) is 0 Å². The number of anilines is 3. The minimum Gasteiger partial charge on any atom is -0.361 e. The smallest absolute Gasteiger partial charge is 0.229 e. The summed E-state index contributed by atoms with van der Waals surface area (Å²) in [6, 6.07) is 10.9. The molecular weight excluding hydrogens is 324 g/mol. The Morgan fingerprint density at radius 2 is 2.15 bits per heavy atom. The monoisotopic (exact) mass is 350 g/mol. The summed E-state index contributed by atoms with van der Waals surface area (Å²) in [6.45, 7) is 7.36. The van der Waals surface area contributed by atoms with E-state index in [1.54, 1.807) is 0 Å². The number of hydrogen-bond acceptors (Lipinski definition) is 5. The van der Waals surface area contributed by atoms with Gasteiger partial charge in [0, 0.05) is 54.8 Å². The molecule has 3 heterocycles.